The van der Waals surface area contributed by atoms with Crippen LogP contribution in [0.1, 0.15) is 28.7 Å². The number of aromatic nitrogens is 4. The number of aryl methyl sites for hydroxylation is 2. The number of carbonyl (C=O) groups is 2. The molecule has 2 aromatic rings. The van der Waals surface area contributed by atoms with Crippen molar-refractivity contribution in [3.8, 4) is 0 Å². The van der Waals surface area contributed by atoms with Gasteiger partial charge in [-0.2, -0.15) is 23.4 Å². The maximum absolute atomic E-state index is 12.9. The second kappa shape index (κ2) is 6.95. The van der Waals surface area contributed by atoms with Crippen molar-refractivity contribution in [2.24, 2.45) is 7.05 Å². The summed E-state index contributed by atoms with van der Waals surface area (Å²) in [6.45, 7) is 2.47. The Morgan fingerprint density at radius 2 is 2.04 bits per heavy atom. The molecule has 0 spiro atoms. The number of esters is 1. The van der Waals surface area contributed by atoms with Crippen LogP contribution in [0.15, 0.2) is 12.3 Å². The van der Waals surface area contributed by atoms with E-state index >= 15 is 0 Å². The SMILES string of the molecule is CCOC(=O)c1cnn(C)c1NC(=O)Cn1nc(C)cc1C(F)(F)F. The molecule has 0 aliphatic rings. The van der Waals surface area contributed by atoms with E-state index < -0.39 is 30.3 Å². The largest absolute Gasteiger partial charge is 0.462 e. The van der Waals surface area contributed by atoms with E-state index in [4.69, 9.17) is 4.74 Å². The maximum atomic E-state index is 12.9. The predicted molar refractivity (Wildman–Crippen MR) is 79.8 cm³/mol. The molecule has 11 heteroatoms. The summed E-state index contributed by atoms with van der Waals surface area (Å²) in [5, 5.41) is 9.88. The lowest BCUT2D eigenvalue weighted by atomic mass is 10.3. The quantitative estimate of drug-likeness (QED) is 0.822. The number of amides is 1. The molecule has 2 rings (SSSR count). The smallest absolute Gasteiger partial charge is 0.433 e. The van der Waals surface area contributed by atoms with Crippen LogP contribution in [0.3, 0.4) is 0 Å². The number of ether oxygens (including phenoxy) is 1. The lowest BCUT2D eigenvalue weighted by Crippen LogP contribution is -2.25. The molecule has 0 radical (unpaired) electrons. The molecule has 0 fully saturated rings. The number of halogens is 3. The van der Waals surface area contributed by atoms with Crippen LogP contribution in [0.25, 0.3) is 0 Å². The van der Waals surface area contributed by atoms with E-state index in [2.05, 4.69) is 15.5 Å². The first-order chi connectivity index (χ1) is 11.6. The Labute approximate surface area is 140 Å². The number of hydrogen-bond acceptors (Lipinski definition) is 5. The van der Waals surface area contributed by atoms with Crippen LogP contribution in [-0.4, -0.2) is 38.0 Å². The number of alkyl halides is 3. The van der Waals surface area contributed by atoms with Crippen LogP contribution in [-0.2, 0) is 29.3 Å². The predicted octanol–water partition coefficient (Wildman–Crippen LogP) is 1.76. The van der Waals surface area contributed by atoms with Crippen molar-refractivity contribution >= 4 is 17.7 Å². The fourth-order valence-electron chi connectivity index (χ4n) is 2.15. The standard InChI is InChI=1S/C14H16F3N5O3/c1-4-25-13(24)9-6-18-21(3)12(9)19-11(23)7-22-10(14(15,16)17)5-8(2)20-22/h5-6H,4,7H2,1-3H3,(H,19,23). The molecule has 8 nitrogen and oxygen atoms in total. The van der Waals surface area contributed by atoms with Gasteiger partial charge in [-0.15, -0.1) is 0 Å². The van der Waals surface area contributed by atoms with Crippen LogP contribution in [0.4, 0.5) is 19.0 Å². The Balaban J connectivity index is 2.20. The van der Waals surface area contributed by atoms with Gasteiger partial charge in [0, 0.05) is 7.05 Å². The normalized spacial score (nSPS) is 11.4. The Morgan fingerprint density at radius 1 is 1.36 bits per heavy atom. The molecule has 2 aromatic heterocycles. The van der Waals surface area contributed by atoms with Gasteiger partial charge in [-0.1, -0.05) is 0 Å². The van der Waals surface area contributed by atoms with Crippen molar-refractivity contribution in [1.82, 2.24) is 19.6 Å². The molecule has 1 N–H and O–H groups in total. The third kappa shape index (κ3) is 4.17. The molecule has 2 heterocycles. The molecule has 0 atom stereocenters. The van der Waals surface area contributed by atoms with Gasteiger partial charge in [-0.3, -0.25) is 14.2 Å². The minimum Gasteiger partial charge on any atom is -0.462 e. The highest BCUT2D eigenvalue weighted by Crippen LogP contribution is 2.29. The molecule has 0 aliphatic heterocycles. The molecule has 0 saturated heterocycles. The van der Waals surface area contributed by atoms with Crippen molar-refractivity contribution in [3.05, 3.63) is 29.2 Å². The number of rotatable bonds is 5. The van der Waals surface area contributed by atoms with Crippen molar-refractivity contribution in [1.29, 1.82) is 0 Å². The molecule has 0 aliphatic carbocycles. The van der Waals surface area contributed by atoms with E-state index in [0.717, 1.165) is 6.07 Å². The van der Waals surface area contributed by atoms with Gasteiger partial charge in [0.05, 0.1) is 18.5 Å². The van der Waals surface area contributed by atoms with Gasteiger partial charge in [0.15, 0.2) is 0 Å². The Hall–Kier alpha value is -2.85. The summed E-state index contributed by atoms with van der Waals surface area (Å²) in [5.41, 5.74) is -0.894. The van der Waals surface area contributed by atoms with E-state index in [1.807, 2.05) is 0 Å². The summed E-state index contributed by atoms with van der Waals surface area (Å²) >= 11 is 0. The Morgan fingerprint density at radius 3 is 2.64 bits per heavy atom. The molecule has 0 aromatic carbocycles. The molecule has 1 amide bonds. The minimum absolute atomic E-state index is 0.00499. The van der Waals surface area contributed by atoms with E-state index in [-0.39, 0.29) is 23.7 Å². The Bertz CT molecular complexity index is 794. The van der Waals surface area contributed by atoms with Crippen LogP contribution in [0, 0.1) is 6.92 Å². The van der Waals surface area contributed by atoms with Gasteiger partial charge in [-0.05, 0) is 19.9 Å². The summed E-state index contributed by atoms with van der Waals surface area (Å²) in [5.74, 6) is -1.46. The first-order valence-corrected chi connectivity index (χ1v) is 7.24. The molecule has 136 valence electrons. The number of nitrogens with zero attached hydrogens (tertiary/aromatic N) is 4. The van der Waals surface area contributed by atoms with Gasteiger partial charge in [0.2, 0.25) is 5.91 Å². The molecule has 0 unspecified atom stereocenters. The molecular weight excluding hydrogens is 343 g/mol. The summed E-state index contributed by atoms with van der Waals surface area (Å²) < 4.78 is 45.4. The highest BCUT2D eigenvalue weighted by molar-refractivity contribution is 6.00. The topological polar surface area (TPSA) is 91.0 Å². The third-order valence-electron chi connectivity index (χ3n) is 3.18. The second-order valence-electron chi connectivity index (χ2n) is 5.13. The fourth-order valence-corrected chi connectivity index (χ4v) is 2.15. The van der Waals surface area contributed by atoms with Gasteiger partial charge >= 0.3 is 12.1 Å². The van der Waals surface area contributed by atoms with Crippen molar-refractivity contribution < 1.29 is 27.5 Å². The highest BCUT2D eigenvalue weighted by atomic mass is 19.4. The third-order valence-corrected chi connectivity index (χ3v) is 3.18. The van der Waals surface area contributed by atoms with E-state index in [9.17, 15) is 22.8 Å². The molecule has 0 saturated carbocycles. The van der Waals surface area contributed by atoms with Crippen molar-refractivity contribution in [3.63, 3.8) is 0 Å². The Kier molecular flexibility index (Phi) is 5.14. The zero-order valence-electron chi connectivity index (χ0n) is 13.7. The first-order valence-electron chi connectivity index (χ1n) is 7.24. The van der Waals surface area contributed by atoms with Crippen LogP contribution >= 0.6 is 0 Å². The maximum Gasteiger partial charge on any atom is 0.433 e. The monoisotopic (exact) mass is 359 g/mol. The van der Waals surface area contributed by atoms with Crippen LogP contribution in [0.2, 0.25) is 0 Å². The zero-order chi connectivity index (χ0) is 18.8. The van der Waals surface area contributed by atoms with Gasteiger partial charge in [0.25, 0.3) is 0 Å². The summed E-state index contributed by atoms with van der Waals surface area (Å²) in [6.07, 6.45) is -3.43. The first kappa shape index (κ1) is 18.5. The number of nitrogens with one attached hydrogen (secondary N) is 1. The van der Waals surface area contributed by atoms with Crippen LogP contribution < -0.4 is 5.32 Å². The van der Waals surface area contributed by atoms with E-state index in [0.29, 0.717) is 4.68 Å². The summed E-state index contributed by atoms with van der Waals surface area (Å²) in [4.78, 5) is 23.9. The fraction of sp³-hybridized carbons (Fsp3) is 0.429. The zero-order valence-corrected chi connectivity index (χ0v) is 13.7. The summed E-state index contributed by atoms with van der Waals surface area (Å²) in [6, 6.07) is 0.849. The summed E-state index contributed by atoms with van der Waals surface area (Å²) in [7, 11) is 1.47. The highest BCUT2D eigenvalue weighted by Gasteiger charge is 2.36. The number of anilines is 1. The van der Waals surface area contributed by atoms with Crippen LogP contribution in [0.5, 0.6) is 0 Å². The minimum atomic E-state index is -4.63. The second-order valence-corrected chi connectivity index (χ2v) is 5.13. The average molecular weight is 359 g/mol. The lowest BCUT2D eigenvalue weighted by molar-refractivity contribution is -0.144. The van der Waals surface area contributed by atoms with Gasteiger partial charge in [0.1, 0.15) is 23.6 Å². The van der Waals surface area contributed by atoms with E-state index in [1.165, 1.54) is 24.9 Å². The molecular formula is C14H16F3N5O3. The van der Waals surface area contributed by atoms with Gasteiger partial charge in [-0.25, -0.2) is 4.79 Å². The van der Waals surface area contributed by atoms with Crippen molar-refractivity contribution in [2.75, 3.05) is 11.9 Å². The van der Waals surface area contributed by atoms with Crippen molar-refractivity contribution in [2.45, 2.75) is 26.6 Å². The number of hydrogen-bond donors (Lipinski definition) is 1. The average Bonchev–Trinajstić information content (AvgIpc) is 3.03. The molecule has 25 heavy (non-hydrogen) atoms. The molecule has 0 bridgehead atoms. The lowest BCUT2D eigenvalue weighted by Gasteiger charge is -2.11. The number of carbonyl (C=O) groups excluding carboxylic acids is 2. The van der Waals surface area contributed by atoms with Gasteiger partial charge < -0.3 is 10.1 Å². The van der Waals surface area contributed by atoms with E-state index in [1.54, 1.807) is 6.92 Å².